The first kappa shape index (κ1) is 12.1. The molecule has 3 heterocycles. The van der Waals surface area contributed by atoms with Crippen molar-refractivity contribution in [1.82, 2.24) is 19.5 Å². The van der Waals surface area contributed by atoms with Gasteiger partial charge in [0.1, 0.15) is 0 Å². The zero-order chi connectivity index (χ0) is 13.4. The number of likely N-dealkylation sites (tertiary alicyclic amines) is 1. The lowest BCUT2D eigenvalue weighted by molar-refractivity contribution is 0.0299. The van der Waals surface area contributed by atoms with Crippen LogP contribution in [0.4, 0.5) is 0 Å². The first-order chi connectivity index (χ1) is 9.16. The van der Waals surface area contributed by atoms with Crippen molar-refractivity contribution >= 4 is 11.4 Å². The van der Waals surface area contributed by atoms with E-state index in [-0.39, 0.29) is 17.9 Å². The minimum Gasteiger partial charge on any atom is -0.393 e. The van der Waals surface area contributed by atoms with Crippen molar-refractivity contribution in [3.05, 3.63) is 30.4 Å². The maximum absolute atomic E-state index is 12.5. The summed E-state index contributed by atoms with van der Waals surface area (Å²) >= 11 is 0. The molecule has 2 unspecified atom stereocenters. The zero-order valence-electron chi connectivity index (χ0n) is 10.7. The summed E-state index contributed by atoms with van der Waals surface area (Å²) in [7, 11) is 0. The Kier molecular flexibility index (Phi) is 2.94. The van der Waals surface area contributed by atoms with Crippen LogP contribution in [-0.2, 0) is 0 Å². The normalized spacial score (nSPS) is 23.8. The van der Waals surface area contributed by atoms with Crippen molar-refractivity contribution in [3.8, 4) is 0 Å². The highest BCUT2D eigenvalue weighted by Gasteiger charge is 2.29. The van der Waals surface area contributed by atoms with Crippen LogP contribution in [0.3, 0.4) is 0 Å². The number of aliphatic hydroxyl groups excluding tert-OH is 1. The second-order valence-electron chi connectivity index (χ2n) is 5.05. The summed E-state index contributed by atoms with van der Waals surface area (Å²) < 4.78 is 1.64. The molecule has 0 saturated carbocycles. The third-order valence-corrected chi connectivity index (χ3v) is 3.70. The number of carbonyl (C=O) groups is 1. The van der Waals surface area contributed by atoms with Gasteiger partial charge in [-0.25, -0.2) is 4.52 Å². The molecule has 0 bridgehead atoms. The van der Waals surface area contributed by atoms with Crippen molar-refractivity contribution in [1.29, 1.82) is 0 Å². The zero-order valence-corrected chi connectivity index (χ0v) is 10.7. The Morgan fingerprint density at radius 2 is 2.32 bits per heavy atom. The monoisotopic (exact) mass is 260 g/mol. The van der Waals surface area contributed by atoms with E-state index >= 15 is 0 Å². The second-order valence-corrected chi connectivity index (χ2v) is 5.05. The van der Waals surface area contributed by atoms with Crippen LogP contribution in [0.15, 0.2) is 24.8 Å². The van der Waals surface area contributed by atoms with Gasteiger partial charge < -0.3 is 10.0 Å². The van der Waals surface area contributed by atoms with Crippen LogP contribution in [0.5, 0.6) is 0 Å². The molecule has 1 fully saturated rings. The van der Waals surface area contributed by atoms with Crippen molar-refractivity contribution in [2.24, 2.45) is 5.92 Å². The van der Waals surface area contributed by atoms with Crippen LogP contribution in [-0.4, -0.2) is 49.7 Å². The molecule has 1 N–H and O–H groups in total. The topological polar surface area (TPSA) is 70.7 Å². The molecule has 0 spiro atoms. The minimum atomic E-state index is -0.311. The molecular formula is C13H16N4O2. The van der Waals surface area contributed by atoms with Crippen LogP contribution >= 0.6 is 0 Å². The summed E-state index contributed by atoms with van der Waals surface area (Å²) in [4.78, 5) is 18.3. The van der Waals surface area contributed by atoms with Crippen LogP contribution in [0.25, 0.3) is 5.52 Å². The van der Waals surface area contributed by atoms with E-state index in [1.54, 1.807) is 34.2 Å². The Morgan fingerprint density at radius 3 is 3.11 bits per heavy atom. The lowest BCUT2D eigenvalue weighted by Gasteiger charge is -2.34. The summed E-state index contributed by atoms with van der Waals surface area (Å²) in [6.45, 7) is 3.13. The highest BCUT2D eigenvalue weighted by atomic mass is 16.3. The Labute approximate surface area is 110 Å². The number of hydrogen-bond donors (Lipinski definition) is 1. The number of aliphatic hydroxyl groups is 1. The number of fused-ring (bicyclic) bond motifs is 1. The molecule has 2 aromatic heterocycles. The number of carbonyl (C=O) groups excluding carboxylic acids is 1. The molecule has 2 aromatic rings. The van der Waals surface area contributed by atoms with Crippen molar-refractivity contribution in [3.63, 3.8) is 0 Å². The molecule has 3 rings (SSSR count). The van der Waals surface area contributed by atoms with E-state index in [0.717, 1.165) is 0 Å². The molecule has 2 atom stereocenters. The predicted octanol–water partition coefficient (Wildman–Crippen LogP) is 0.572. The summed E-state index contributed by atoms with van der Waals surface area (Å²) in [5.41, 5.74) is 1.28. The van der Waals surface area contributed by atoms with Crippen molar-refractivity contribution in [2.75, 3.05) is 13.1 Å². The van der Waals surface area contributed by atoms with E-state index in [1.807, 2.05) is 6.92 Å². The first-order valence-electron chi connectivity index (χ1n) is 6.41. The van der Waals surface area contributed by atoms with Crippen molar-refractivity contribution in [2.45, 2.75) is 19.4 Å². The maximum Gasteiger partial charge on any atom is 0.257 e. The fourth-order valence-corrected chi connectivity index (χ4v) is 2.49. The summed E-state index contributed by atoms with van der Waals surface area (Å²) in [6, 6.07) is 0. The molecule has 6 nitrogen and oxygen atoms in total. The highest BCUT2D eigenvalue weighted by molar-refractivity contribution is 6.00. The Morgan fingerprint density at radius 1 is 1.47 bits per heavy atom. The van der Waals surface area contributed by atoms with Crippen molar-refractivity contribution < 1.29 is 9.90 Å². The van der Waals surface area contributed by atoms with E-state index in [0.29, 0.717) is 30.6 Å². The molecule has 0 radical (unpaired) electrons. The summed E-state index contributed by atoms with van der Waals surface area (Å²) in [6.07, 6.45) is 6.89. The van der Waals surface area contributed by atoms with Gasteiger partial charge in [-0.1, -0.05) is 6.92 Å². The van der Waals surface area contributed by atoms with E-state index in [4.69, 9.17) is 0 Å². The molecular weight excluding hydrogens is 244 g/mol. The molecule has 100 valence electrons. The minimum absolute atomic E-state index is 0.0400. The molecule has 0 aromatic carbocycles. The molecule has 6 heteroatoms. The van der Waals surface area contributed by atoms with E-state index in [9.17, 15) is 9.90 Å². The maximum atomic E-state index is 12.5. The van der Waals surface area contributed by atoms with E-state index in [2.05, 4.69) is 10.1 Å². The van der Waals surface area contributed by atoms with Gasteiger partial charge in [0, 0.05) is 25.5 Å². The Balaban J connectivity index is 1.88. The summed E-state index contributed by atoms with van der Waals surface area (Å²) in [5, 5.41) is 13.9. The van der Waals surface area contributed by atoms with Gasteiger partial charge in [0.2, 0.25) is 0 Å². The van der Waals surface area contributed by atoms with Gasteiger partial charge >= 0.3 is 0 Å². The third-order valence-electron chi connectivity index (χ3n) is 3.70. The standard InChI is InChI=1S/C13H16N4O2/c1-9-8-16(4-2-12(9)18)13(19)10-6-15-17-5-3-14-7-11(10)17/h3,5-7,9,12,18H,2,4,8H2,1H3. The number of amides is 1. The number of nitrogens with zero attached hydrogens (tertiary/aromatic N) is 4. The molecule has 0 aliphatic carbocycles. The molecule has 1 amide bonds. The van der Waals surface area contributed by atoms with Gasteiger partial charge in [0.25, 0.3) is 5.91 Å². The third kappa shape index (κ3) is 2.08. The number of aromatic nitrogens is 3. The molecule has 1 aliphatic heterocycles. The van der Waals surface area contributed by atoms with Crippen LogP contribution < -0.4 is 0 Å². The average molecular weight is 260 g/mol. The smallest absolute Gasteiger partial charge is 0.257 e. The van der Waals surface area contributed by atoms with Gasteiger partial charge in [-0.05, 0) is 12.3 Å². The van der Waals surface area contributed by atoms with Crippen LogP contribution in [0, 0.1) is 5.92 Å². The Hall–Kier alpha value is -1.95. The van der Waals surface area contributed by atoms with Gasteiger partial charge in [-0.15, -0.1) is 0 Å². The van der Waals surface area contributed by atoms with Gasteiger partial charge in [0.05, 0.1) is 29.6 Å². The summed E-state index contributed by atoms with van der Waals surface area (Å²) in [5.74, 6) is 0.0689. The van der Waals surface area contributed by atoms with Gasteiger partial charge in [0.15, 0.2) is 0 Å². The van der Waals surface area contributed by atoms with Crippen LogP contribution in [0.1, 0.15) is 23.7 Å². The number of rotatable bonds is 1. The van der Waals surface area contributed by atoms with Gasteiger partial charge in [-0.3, -0.25) is 9.78 Å². The quantitative estimate of drug-likeness (QED) is 0.814. The molecule has 1 aliphatic rings. The fraction of sp³-hybridized carbons (Fsp3) is 0.462. The SMILES string of the molecule is CC1CN(C(=O)c2cnn3ccncc23)CCC1O. The number of piperidine rings is 1. The molecule has 1 saturated heterocycles. The predicted molar refractivity (Wildman–Crippen MR) is 68.7 cm³/mol. The van der Waals surface area contributed by atoms with E-state index in [1.165, 1.54) is 0 Å². The largest absolute Gasteiger partial charge is 0.393 e. The average Bonchev–Trinajstić information content (AvgIpc) is 2.85. The van der Waals surface area contributed by atoms with Crippen LogP contribution in [0.2, 0.25) is 0 Å². The second kappa shape index (κ2) is 4.62. The lowest BCUT2D eigenvalue weighted by Crippen LogP contribution is -2.44. The molecule has 19 heavy (non-hydrogen) atoms. The first-order valence-corrected chi connectivity index (χ1v) is 6.41. The highest BCUT2D eigenvalue weighted by Crippen LogP contribution is 2.20. The van der Waals surface area contributed by atoms with Gasteiger partial charge in [-0.2, -0.15) is 5.10 Å². The van der Waals surface area contributed by atoms with E-state index < -0.39 is 0 Å². The Bertz CT molecular complexity index is 609. The number of hydrogen-bond acceptors (Lipinski definition) is 4. The fourth-order valence-electron chi connectivity index (χ4n) is 2.49. The lowest BCUT2D eigenvalue weighted by atomic mass is 9.96.